The van der Waals surface area contributed by atoms with Gasteiger partial charge in [-0.3, -0.25) is 0 Å². The maximum Gasteiger partial charge on any atom is 0.0540 e. The number of para-hydroxylation sites is 1. The van der Waals surface area contributed by atoms with Crippen LogP contribution in [0, 0.1) is 0 Å². The summed E-state index contributed by atoms with van der Waals surface area (Å²) < 4.78 is 2.60. The molecule has 0 aliphatic carbocycles. The van der Waals surface area contributed by atoms with E-state index in [2.05, 4.69) is 241 Å². The molecule has 0 atom stereocenters. The molecule has 2 heteroatoms. The Balaban J connectivity index is 1.04. The van der Waals surface area contributed by atoms with Gasteiger partial charge in [0.2, 0.25) is 0 Å². The average Bonchev–Trinajstić information content (AvgIpc) is 3.72. The first-order valence-electron chi connectivity index (χ1n) is 20.5. The van der Waals surface area contributed by atoms with Crippen molar-refractivity contribution >= 4 is 59.3 Å². The number of hydrogen-bond acceptors (Lipinski definition) is 2. The summed E-state index contributed by atoms with van der Waals surface area (Å²) in [5.74, 6) is 0. The highest BCUT2D eigenvalue weighted by Crippen LogP contribution is 2.46. The second kappa shape index (κ2) is 15.3. The molecule has 0 saturated carbocycles. The van der Waals surface area contributed by atoms with Crippen LogP contribution in [0.1, 0.15) is 0 Å². The van der Waals surface area contributed by atoms with Crippen molar-refractivity contribution in [3.05, 3.63) is 237 Å². The van der Waals surface area contributed by atoms with Crippen LogP contribution in [0.5, 0.6) is 0 Å². The van der Waals surface area contributed by atoms with Crippen LogP contribution in [0.3, 0.4) is 0 Å². The fraction of sp³-hybridized carbons (Fsp3) is 0. The Hall–Kier alpha value is -7.52. The van der Waals surface area contributed by atoms with Crippen LogP contribution in [0.2, 0.25) is 0 Å². The molecule has 0 aliphatic rings. The molecule has 0 fully saturated rings. The normalized spacial score (nSPS) is 11.3. The van der Waals surface area contributed by atoms with E-state index in [1.807, 2.05) is 11.3 Å². The van der Waals surface area contributed by atoms with E-state index in [9.17, 15) is 0 Å². The van der Waals surface area contributed by atoms with Gasteiger partial charge in [0.1, 0.15) is 0 Å². The molecule has 11 aromatic rings. The van der Waals surface area contributed by atoms with Crippen molar-refractivity contribution < 1.29 is 0 Å². The second-order valence-corrected chi connectivity index (χ2v) is 16.4. The smallest absolute Gasteiger partial charge is 0.0540 e. The van der Waals surface area contributed by atoms with Crippen LogP contribution >= 0.6 is 11.3 Å². The highest BCUT2D eigenvalue weighted by atomic mass is 32.1. The van der Waals surface area contributed by atoms with Crippen molar-refractivity contribution in [2.45, 2.75) is 0 Å². The number of fused-ring (bicyclic) bond motifs is 4. The number of rotatable bonds is 8. The molecule has 60 heavy (non-hydrogen) atoms. The molecular formula is C58H39NS. The highest BCUT2D eigenvalue weighted by molar-refractivity contribution is 7.25. The fourth-order valence-electron chi connectivity index (χ4n) is 8.78. The van der Waals surface area contributed by atoms with Crippen molar-refractivity contribution in [2.24, 2.45) is 0 Å². The second-order valence-electron chi connectivity index (χ2n) is 15.3. The molecule has 0 amide bonds. The third-order valence-corrected chi connectivity index (χ3v) is 12.8. The minimum absolute atomic E-state index is 1.09. The molecule has 0 saturated heterocycles. The molecule has 0 aliphatic heterocycles. The van der Waals surface area contributed by atoms with Gasteiger partial charge >= 0.3 is 0 Å². The fourth-order valence-corrected chi connectivity index (χ4v) is 9.91. The van der Waals surface area contributed by atoms with E-state index in [1.54, 1.807) is 0 Å². The summed E-state index contributed by atoms with van der Waals surface area (Å²) in [6, 6.07) is 86.1. The molecule has 1 heterocycles. The third-order valence-electron chi connectivity index (χ3n) is 11.7. The maximum absolute atomic E-state index is 2.43. The van der Waals surface area contributed by atoms with Crippen molar-refractivity contribution in [1.29, 1.82) is 0 Å². The number of nitrogens with zero attached hydrogens (tertiary/aromatic N) is 1. The average molecular weight is 782 g/mol. The van der Waals surface area contributed by atoms with Crippen LogP contribution in [0.15, 0.2) is 237 Å². The van der Waals surface area contributed by atoms with E-state index < -0.39 is 0 Å². The Morgan fingerprint density at radius 3 is 1.62 bits per heavy atom. The van der Waals surface area contributed by atoms with Gasteiger partial charge in [-0.05, 0) is 109 Å². The lowest BCUT2D eigenvalue weighted by molar-refractivity contribution is 1.28. The van der Waals surface area contributed by atoms with E-state index in [0.717, 1.165) is 22.6 Å². The summed E-state index contributed by atoms with van der Waals surface area (Å²) >= 11 is 1.86. The highest BCUT2D eigenvalue weighted by Gasteiger charge is 2.20. The molecule has 10 aromatic carbocycles. The summed E-state index contributed by atoms with van der Waals surface area (Å²) in [6.45, 7) is 0. The molecule has 282 valence electrons. The number of thiophene rings is 1. The maximum atomic E-state index is 2.43. The number of hydrogen-bond donors (Lipinski definition) is 0. The van der Waals surface area contributed by atoms with Crippen molar-refractivity contribution in [2.75, 3.05) is 4.90 Å². The molecule has 0 bridgehead atoms. The lowest BCUT2D eigenvalue weighted by atomic mass is 9.94. The Morgan fingerprint density at radius 1 is 0.283 bits per heavy atom. The lowest BCUT2D eigenvalue weighted by Gasteiger charge is -2.28. The van der Waals surface area contributed by atoms with E-state index in [1.165, 1.54) is 81.0 Å². The molecule has 0 unspecified atom stereocenters. The van der Waals surface area contributed by atoms with Gasteiger partial charge in [0.25, 0.3) is 0 Å². The molecule has 0 N–H and O–H groups in total. The standard InChI is InChI=1S/C58H39NS/c1-2-14-40(15-3-1)41-30-32-42(33-31-41)43-34-36-48(37-35-43)59(55-27-8-6-23-52(55)53-26-13-29-57-58(53)54-24-7-9-28-56(54)60-57)49-21-11-19-46(39-49)45-18-10-20-47(38-45)51-25-12-17-44-16-4-5-22-50(44)51/h1-39H. The summed E-state index contributed by atoms with van der Waals surface area (Å²) in [4.78, 5) is 2.43. The van der Waals surface area contributed by atoms with Gasteiger partial charge in [0.05, 0.1) is 5.69 Å². The van der Waals surface area contributed by atoms with E-state index in [4.69, 9.17) is 0 Å². The van der Waals surface area contributed by atoms with Crippen molar-refractivity contribution in [1.82, 2.24) is 0 Å². The SMILES string of the molecule is c1ccc(-c2ccc(-c3ccc(N(c4cccc(-c5cccc(-c6cccc7ccccc67)c5)c4)c4ccccc4-c4cccc5sc6ccccc6c45)cc3)cc2)cc1. The van der Waals surface area contributed by atoms with Crippen LogP contribution in [-0.2, 0) is 0 Å². The van der Waals surface area contributed by atoms with E-state index in [0.29, 0.717) is 0 Å². The molecular weight excluding hydrogens is 743 g/mol. The zero-order valence-electron chi connectivity index (χ0n) is 32.9. The number of benzene rings is 10. The molecule has 0 radical (unpaired) electrons. The van der Waals surface area contributed by atoms with Gasteiger partial charge in [0, 0.05) is 37.1 Å². The predicted molar refractivity (Wildman–Crippen MR) is 259 cm³/mol. The van der Waals surface area contributed by atoms with Gasteiger partial charge in [-0.2, -0.15) is 0 Å². The largest absolute Gasteiger partial charge is 0.310 e. The van der Waals surface area contributed by atoms with Gasteiger partial charge in [-0.1, -0.05) is 188 Å². The third kappa shape index (κ3) is 6.54. The van der Waals surface area contributed by atoms with Gasteiger partial charge in [0.15, 0.2) is 0 Å². The Morgan fingerprint density at radius 2 is 0.800 bits per heavy atom. The van der Waals surface area contributed by atoms with E-state index in [-0.39, 0.29) is 0 Å². The summed E-state index contributed by atoms with van der Waals surface area (Å²) in [6.07, 6.45) is 0. The molecule has 0 spiro atoms. The minimum atomic E-state index is 1.09. The van der Waals surface area contributed by atoms with E-state index >= 15 is 0 Å². The quantitative estimate of drug-likeness (QED) is 0.148. The van der Waals surface area contributed by atoms with Gasteiger partial charge in [-0.15, -0.1) is 11.3 Å². The van der Waals surface area contributed by atoms with Gasteiger partial charge in [-0.25, -0.2) is 0 Å². The van der Waals surface area contributed by atoms with Gasteiger partial charge < -0.3 is 4.90 Å². The zero-order chi connectivity index (χ0) is 39.8. The molecule has 1 aromatic heterocycles. The molecule has 11 rings (SSSR count). The first kappa shape index (κ1) is 35.6. The van der Waals surface area contributed by atoms with Crippen LogP contribution in [0.25, 0.3) is 86.6 Å². The van der Waals surface area contributed by atoms with Crippen LogP contribution < -0.4 is 4.90 Å². The summed E-state index contributed by atoms with van der Waals surface area (Å²) in [5, 5.41) is 5.11. The summed E-state index contributed by atoms with van der Waals surface area (Å²) in [7, 11) is 0. The first-order valence-corrected chi connectivity index (χ1v) is 21.3. The topological polar surface area (TPSA) is 3.24 Å². The zero-order valence-corrected chi connectivity index (χ0v) is 33.7. The van der Waals surface area contributed by atoms with Crippen molar-refractivity contribution in [3.63, 3.8) is 0 Å². The Labute approximate surface area is 354 Å². The van der Waals surface area contributed by atoms with Crippen LogP contribution in [-0.4, -0.2) is 0 Å². The summed E-state index contributed by atoms with van der Waals surface area (Å²) in [5.41, 5.74) is 15.4. The molecule has 1 nitrogen and oxygen atoms in total. The first-order chi connectivity index (χ1) is 29.7. The van der Waals surface area contributed by atoms with Crippen LogP contribution in [0.4, 0.5) is 17.1 Å². The Kier molecular flexibility index (Phi) is 9.11. The minimum Gasteiger partial charge on any atom is -0.310 e. The predicted octanol–water partition coefficient (Wildman–Crippen LogP) is 17.0. The Bertz CT molecular complexity index is 3300. The van der Waals surface area contributed by atoms with Crippen molar-refractivity contribution in [3.8, 4) is 55.6 Å². The lowest BCUT2D eigenvalue weighted by Crippen LogP contribution is -2.11. The monoisotopic (exact) mass is 781 g/mol. The number of anilines is 3.